The number of hydrogen-bond acceptors (Lipinski definition) is 7. The van der Waals surface area contributed by atoms with Crippen LogP contribution < -0.4 is 35.3 Å². The molecule has 4 aromatic carbocycles. The largest absolute Gasteiger partial charge is 1.00 e. The van der Waals surface area contributed by atoms with Crippen LogP contribution in [-0.2, 0) is 10.1 Å². The third-order valence-electron chi connectivity index (χ3n) is 5.90. The van der Waals surface area contributed by atoms with Gasteiger partial charge in [0.15, 0.2) is 0 Å². The first-order chi connectivity index (χ1) is 17.7. The summed E-state index contributed by atoms with van der Waals surface area (Å²) in [5.74, 6) is 0. The summed E-state index contributed by atoms with van der Waals surface area (Å²) < 4.78 is 35.5. The molecule has 0 unspecified atom stereocenters. The van der Waals surface area contributed by atoms with Crippen molar-refractivity contribution in [2.45, 2.75) is 11.8 Å². The van der Waals surface area contributed by atoms with Gasteiger partial charge in [0, 0.05) is 21.4 Å². The molecule has 184 valence electrons. The Kier molecular flexibility index (Phi) is 8.32. The summed E-state index contributed by atoms with van der Waals surface area (Å²) in [5.41, 5.74) is 11.7. The first-order valence-electron chi connectivity index (χ1n) is 11.2. The second kappa shape index (κ2) is 11.3. The number of hydrogen-bond donors (Lipinski definition) is 1. The van der Waals surface area contributed by atoms with Gasteiger partial charge < -0.3 is 10.3 Å². The average Bonchev–Trinajstić information content (AvgIpc) is 2.88. The van der Waals surface area contributed by atoms with Gasteiger partial charge in [-0.3, -0.25) is 4.98 Å². The maximum Gasteiger partial charge on any atom is 1.00 e. The molecule has 1 aromatic heterocycles. The van der Waals surface area contributed by atoms with Crippen molar-refractivity contribution in [1.82, 2.24) is 4.98 Å². The van der Waals surface area contributed by atoms with E-state index in [1.807, 2.05) is 49.4 Å². The van der Waals surface area contributed by atoms with E-state index in [0.717, 1.165) is 34.0 Å². The fourth-order valence-electron chi connectivity index (χ4n) is 4.13. The summed E-state index contributed by atoms with van der Waals surface area (Å²) in [6.45, 7) is 2.01. The molecule has 0 spiro atoms. The van der Waals surface area contributed by atoms with E-state index in [1.165, 1.54) is 6.07 Å². The number of nitrogen functional groups attached to an aromatic ring is 1. The molecule has 5 aromatic rings. The molecule has 10 heteroatoms. The van der Waals surface area contributed by atoms with Crippen LogP contribution in [0.3, 0.4) is 0 Å². The topological polar surface area (TPSA) is 121 Å². The average molecular weight is 551 g/mol. The molecule has 0 saturated heterocycles. The van der Waals surface area contributed by atoms with E-state index in [-0.39, 0.29) is 46.3 Å². The van der Waals surface area contributed by atoms with Crippen molar-refractivity contribution in [1.29, 1.82) is 0 Å². The Hall–Kier alpha value is -3.11. The minimum Gasteiger partial charge on any atom is -0.744 e. The molecule has 0 bridgehead atoms. The van der Waals surface area contributed by atoms with E-state index in [1.54, 1.807) is 30.5 Å². The molecule has 0 fully saturated rings. The fourth-order valence-corrected chi connectivity index (χ4v) is 5.03. The molecule has 38 heavy (non-hydrogen) atoms. The number of benzene rings is 4. The fraction of sp³-hybridized carbons (Fsp3) is 0.0357. The smallest absolute Gasteiger partial charge is 0.744 e. The van der Waals surface area contributed by atoms with Crippen LogP contribution in [0.15, 0.2) is 106 Å². The van der Waals surface area contributed by atoms with Crippen LogP contribution in [0.5, 0.6) is 0 Å². The number of nitrogens with two attached hydrogens (primary N) is 1. The Morgan fingerprint density at radius 1 is 0.868 bits per heavy atom. The molecule has 1 heterocycles. The normalized spacial score (nSPS) is 11.6. The molecule has 0 atom stereocenters. The second-order valence-electron chi connectivity index (χ2n) is 8.47. The zero-order chi connectivity index (χ0) is 26.2. The number of fused-ring (bicyclic) bond motifs is 1. The van der Waals surface area contributed by atoms with E-state index < -0.39 is 15.0 Å². The SMILES string of the molecule is Cc1ccc(-c2cccc(Cl)c2)c(-c2ccc(N=Nc3cc(S(=O)(=O)[O-])c4ccccc4c3N)cn2)c1.[Na+]. The predicted octanol–water partition coefficient (Wildman–Crippen LogP) is 4.44. The minimum absolute atomic E-state index is 0. The summed E-state index contributed by atoms with van der Waals surface area (Å²) >= 11 is 6.21. The summed E-state index contributed by atoms with van der Waals surface area (Å²) in [6.07, 6.45) is 1.56. The Morgan fingerprint density at radius 3 is 2.32 bits per heavy atom. The molecule has 0 aliphatic rings. The molecule has 0 aliphatic carbocycles. The van der Waals surface area contributed by atoms with Gasteiger partial charge in [-0.2, -0.15) is 0 Å². The van der Waals surface area contributed by atoms with E-state index in [9.17, 15) is 13.0 Å². The molecule has 5 rings (SSSR count). The van der Waals surface area contributed by atoms with Crippen molar-refractivity contribution in [3.8, 4) is 22.4 Å². The molecule has 0 amide bonds. The quantitative estimate of drug-likeness (QED) is 0.150. The van der Waals surface area contributed by atoms with Crippen molar-refractivity contribution in [3.05, 3.63) is 102 Å². The first-order valence-corrected chi connectivity index (χ1v) is 13.0. The Morgan fingerprint density at radius 2 is 1.63 bits per heavy atom. The Bertz CT molecular complexity index is 1790. The van der Waals surface area contributed by atoms with Crippen LogP contribution >= 0.6 is 11.6 Å². The van der Waals surface area contributed by atoms with Crippen LogP contribution in [0, 0.1) is 6.92 Å². The van der Waals surface area contributed by atoms with Crippen molar-refractivity contribution < 1.29 is 42.5 Å². The van der Waals surface area contributed by atoms with Gasteiger partial charge in [-0.05, 0) is 54.4 Å². The number of azo groups is 1. The summed E-state index contributed by atoms with van der Waals surface area (Å²) in [7, 11) is -4.75. The van der Waals surface area contributed by atoms with Gasteiger partial charge >= 0.3 is 29.6 Å². The first kappa shape index (κ1) is 27.9. The van der Waals surface area contributed by atoms with Crippen molar-refractivity contribution in [2.75, 3.05) is 5.73 Å². The van der Waals surface area contributed by atoms with Gasteiger partial charge in [0.25, 0.3) is 0 Å². The van der Waals surface area contributed by atoms with Gasteiger partial charge in [0.1, 0.15) is 21.5 Å². The van der Waals surface area contributed by atoms with Crippen molar-refractivity contribution in [2.24, 2.45) is 10.2 Å². The van der Waals surface area contributed by atoms with Gasteiger partial charge in [-0.25, -0.2) is 8.42 Å². The molecule has 7 nitrogen and oxygen atoms in total. The Balaban J connectivity index is 0.00000336. The van der Waals surface area contributed by atoms with Crippen LogP contribution in [0.2, 0.25) is 5.02 Å². The van der Waals surface area contributed by atoms with Gasteiger partial charge in [0.2, 0.25) is 0 Å². The van der Waals surface area contributed by atoms with Gasteiger partial charge in [-0.1, -0.05) is 65.7 Å². The van der Waals surface area contributed by atoms with E-state index in [2.05, 4.69) is 21.3 Å². The summed E-state index contributed by atoms with van der Waals surface area (Å²) in [5, 5.41) is 9.62. The van der Waals surface area contributed by atoms with Crippen LogP contribution in [0.1, 0.15) is 5.56 Å². The van der Waals surface area contributed by atoms with Gasteiger partial charge in [0.05, 0.1) is 22.5 Å². The molecule has 2 N–H and O–H groups in total. The third-order valence-corrected chi connectivity index (χ3v) is 7.02. The van der Waals surface area contributed by atoms with E-state index in [0.29, 0.717) is 16.1 Å². The number of anilines is 1. The maximum atomic E-state index is 11.8. The van der Waals surface area contributed by atoms with Crippen LogP contribution in [0.4, 0.5) is 17.1 Å². The molecular formula is C28H20ClN4NaO3S. The summed E-state index contributed by atoms with van der Waals surface area (Å²) in [4.78, 5) is 4.18. The molecule has 0 radical (unpaired) electrons. The van der Waals surface area contributed by atoms with Crippen LogP contribution in [0.25, 0.3) is 33.2 Å². The zero-order valence-electron chi connectivity index (χ0n) is 20.6. The molecular weight excluding hydrogens is 531 g/mol. The number of aromatic nitrogens is 1. The van der Waals surface area contributed by atoms with Crippen LogP contribution in [-0.4, -0.2) is 18.0 Å². The number of nitrogens with zero attached hydrogens (tertiary/aromatic N) is 3. The summed E-state index contributed by atoms with van der Waals surface area (Å²) in [6, 6.07) is 25.0. The Labute approximate surface area is 247 Å². The molecule has 0 aliphatic heterocycles. The number of aryl methyl sites for hydroxylation is 1. The predicted molar refractivity (Wildman–Crippen MR) is 145 cm³/mol. The molecule has 0 saturated carbocycles. The van der Waals surface area contributed by atoms with Crippen molar-refractivity contribution >= 4 is 49.6 Å². The van der Waals surface area contributed by atoms with E-state index >= 15 is 0 Å². The monoisotopic (exact) mass is 550 g/mol. The second-order valence-corrected chi connectivity index (χ2v) is 10.3. The number of halogens is 1. The maximum absolute atomic E-state index is 11.8. The minimum atomic E-state index is -4.75. The third kappa shape index (κ3) is 5.81. The number of rotatable bonds is 5. The zero-order valence-corrected chi connectivity index (χ0v) is 24.2. The standard InChI is InChI=1S/C28H21ClN4O3S.Na/c1-17-9-11-21(18-5-4-6-19(29)14-18)24(13-17)25-12-10-20(16-31-25)32-33-26-15-27(37(34,35)36)22-7-2-3-8-23(22)28(26)30;/h2-16H,30H2,1H3,(H,34,35,36);/q;+1/p-1. The van der Waals surface area contributed by atoms with Gasteiger partial charge in [-0.15, -0.1) is 10.2 Å². The number of pyridine rings is 1. The van der Waals surface area contributed by atoms with E-state index in [4.69, 9.17) is 17.3 Å². The van der Waals surface area contributed by atoms with Crippen molar-refractivity contribution in [3.63, 3.8) is 0 Å².